The number of thioether (sulfide) groups is 1. The third-order valence-electron chi connectivity index (χ3n) is 6.08. The van der Waals surface area contributed by atoms with Gasteiger partial charge in [0, 0.05) is 42.1 Å². The highest BCUT2D eigenvalue weighted by Gasteiger charge is 2.29. The van der Waals surface area contributed by atoms with Gasteiger partial charge in [-0.15, -0.1) is 21.5 Å². The van der Waals surface area contributed by atoms with Crippen LogP contribution < -0.4 is 0 Å². The van der Waals surface area contributed by atoms with Gasteiger partial charge in [0.05, 0.1) is 18.3 Å². The van der Waals surface area contributed by atoms with Crippen molar-refractivity contribution in [3.63, 3.8) is 0 Å². The molecule has 4 heterocycles. The van der Waals surface area contributed by atoms with Crippen LogP contribution in [0.4, 0.5) is 0 Å². The summed E-state index contributed by atoms with van der Waals surface area (Å²) in [6.07, 6.45) is 4.71. The zero-order chi connectivity index (χ0) is 25.6. The van der Waals surface area contributed by atoms with Crippen molar-refractivity contribution in [1.82, 2.24) is 29.6 Å². The Kier molecular flexibility index (Phi) is 7.90. The number of rotatable bonds is 8. The van der Waals surface area contributed by atoms with Crippen LogP contribution in [0.15, 0.2) is 65.4 Å². The second-order valence-electron chi connectivity index (χ2n) is 8.45. The van der Waals surface area contributed by atoms with Crippen LogP contribution in [0.5, 0.6) is 0 Å². The minimum atomic E-state index is -0.169. The van der Waals surface area contributed by atoms with E-state index < -0.39 is 0 Å². The highest BCUT2D eigenvalue weighted by atomic mass is 32.2. The van der Waals surface area contributed by atoms with E-state index in [2.05, 4.69) is 20.2 Å². The quantitative estimate of drug-likeness (QED) is 0.241. The number of hydrogen-bond donors (Lipinski definition) is 0. The normalized spacial score (nSPS) is 14.0. The van der Waals surface area contributed by atoms with E-state index >= 15 is 0 Å². The Labute approximate surface area is 222 Å². The minimum absolute atomic E-state index is 0.0952. The fourth-order valence-electron chi connectivity index (χ4n) is 4.20. The van der Waals surface area contributed by atoms with Gasteiger partial charge < -0.3 is 9.64 Å². The number of ether oxygens (including phenoxy) is 1. The predicted octanol–water partition coefficient (Wildman–Crippen LogP) is 4.49. The maximum absolute atomic E-state index is 13.0. The number of hydrogen-bond acceptors (Lipinski definition) is 9. The molecule has 0 N–H and O–H groups in total. The third-order valence-corrected chi connectivity index (χ3v) is 8.06. The average molecular weight is 535 g/mol. The van der Waals surface area contributed by atoms with Crippen molar-refractivity contribution < 1.29 is 14.3 Å². The molecule has 0 bridgehead atoms. The molecule has 4 aromatic rings. The van der Waals surface area contributed by atoms with Crippen LogP contribution in [-0.2, 0) is 15.3 Å². The smallest absolute Gasteiger partial charge is 0.309 e. The molecule has 1 saturated heterocycles. The number of carbonyl (C=O) groups excluding carboxylic acids is 2. The topological polar surface area (TPSA) is 103 Å². The lowest BCUT2D eigenvalue weighted by Gasteiger charge is -2.30. The molecular formula is C26H26N6O3S2. The van der Waals surface area contributed by atoms with Gasteiger partial charge in [0.1, 0.15) is 10.7 Å². The van der Waals surface area contributed by atoms with Gasteiger partial charge in [-0.2, -0.15) is 0 Å². The van der Waals surface area contributed by atoms with E-state index in [9.17, 15) is 9.59 Å². The molecule has 0 atom stereocenters. The summed E-state index contributed by atoms with van der Waals surface area (Å²) in [5, 5.41) is 12.3. The lowest BCUT2D eigenvalue weighted by atomic mass is 9.97. The van der Waals surface area contributed by atoms with E-state index in [1.165, 1.54) is 23.1 Å². The van der Waals surface area contributed by atoms with Gasteiger partial charge in [-0.05, 0) is 44.0 Å². The lowest BCUT2D eigenvalue weighted by molar-refractivity contribution is -0.149. The first-order chi connectivity index (χ1) is 18.1. The summed E-state index contributed by atoms with van der Waals surface area (Å²) in [4.78, 5) is 35.5. The molecule has 0 saturated carbocycles. The highest BCUT2D eigenvalue weighted by Crippen LogP contribution is 2.30. The van der Waals surface area contributed by atoms with Crippen LogP contribution in [0.3, 0.4) is 0 Å². The van der Waals surface area contributed by atoms with Crippen molar-refractivity contribution in [2.24, 2.45) is 5.92 Å². The fraction of sp³-hybridized carbons (Fsp3) is 0.308. The van der Waals surface area contributed by atoms with Crippen LogP contribution in [0.1, 0.15) is 35.3 Å². The van der Waals surface area contributed by atoms with Gasteiger partial charge in [0.15, 0.2) is 11.0 Å². The minimum Gasteiger partial charge on any atom is -0.466 e. The number of thiazole rings is 1. The van der Waals surface area contributed by atoms with Gasteiger partial charge in [-0.3, -0.25) is 19.1 Å². The van der Waals surface area contributed by atoms with E-state index in [1.807, 2.05) is 47.0 Å². The molecule has 37 heavy (non-hydrogen) atoms. The second-order valence-corrected chi connectivity index (χ2v) is 10.3. The molecule has 11 heteroatoms. The van der Waals surface area contributed by atoms with Crippen LogP contribution in [-0.4, -0.2) is 61.2 Å². The van der Waals surface area contributed by atoms with E-state index in [4.69, 9.17) is 4.74 Å². The van der Waals surface area contributed by atoms with Crippen LogP contribution >= 0.6 is 23.1 Å². The third kappa shape index (κ3) is 5.72. The molecule has 0 radical (unpaired) electrons. The van der Waals surface area contributed by atoms with E-state index in [0.717, 1.165) is 27.2 Å². The van der Waals surface area contributed by atoms with Gasteiger partial charge >= 0.3 is 5.97 Å². The molecule has 0 spiro atoms. The van der Waals surface area contributed by atoms with Crippen molar-refractivity contribution in [3.8, 4) is 17.1 Å². The fourth-order valence-corrected chi connectivity index (χ4v) is 5.94. The van der Waals surface area contributed by atoms with Crippen molar-refractivity contribution in [1.29, 1.82) is 0 Å². The highest BCUT2D eigenvalue weighted by molar-refractivity contribution is 7.98. The Morgan fingerprint density at radius 3 is 2.57 bits per heavy atom. The monoisotopic (exact) mass is 534 g/mol. The second kappa shape index (κ2) is 11.7. The number of aromatic nitrogens is 5. The van der Waals surface area contributed by atoms with Crippen LogP contribution in [0.2, 0.25) is 0 Å². The summed E-state index contributed by atoms with van der Waals surface area (Å²) >= 11 is 2.98. The standard InChI is InChI=1S/C26H26N6O3S2/c1-2-35-25(34)19-10-14-31(15-11-19)24(33)21-16-36-22(28-21)17-37-26-30-29-23(18-8-12-27-13-9-18)32(26)20-6-4-3-5-7-20/h3-9,12-13,16,19H,2,10-11,14-15,17H2,1H3. The van der Waals surface area contributed by atoms with Gasteiger partial charge in [0.25, 0.3) is 5.91 Å². The molecule has 1 aliphatic rings. The first kappa shape index (κ1) is 25.1. The summed E-state index contributed by atoms with van der Waals surface area (Å²) in [7, 11) is 0. The predicted molar refractivity (Wildman–Crippen MR) is 142 cm³/mol. The number of nitrogens with zero attached hydrogens (tertiary/aromatic N) is 6. The maximum Gasteiger partial charge on any atom is 0.309 e. The van der Waals surface area contributed by atoms with Gasteiger partial charge in [-0.25, -0.2) is 4.98 Å². The zero-order valence-electron chi connectivity index (χ0n) is 20.3. The largest absolute Gasteiger partial charge is 0.466 e. The molecule has 0 unspecified atom stereocenters. The molecule has 1 aliphatic heterocycles. The molecular weight excluding hydrogens is 508 g/mol. The molecule has 3 aromatic heterocycles. The molecule has 9 nitrogen and oxygen atoms in total. The summed E-state index contributed by atoms with van der Waals surface area (Å²) < 4.78 is 7.14. The zero-order valence-corrected chi connectivity index (χ0v) is 22.0. The number of likely N-dealkylation sites (tertiary alicyclic amines) is 1. The van der Waals surface area contributed by atoms with Crippen molar-refractivity contribution in [3.05, 3.63) is 70.9 Å². The van der Waals surface area contributed by atoms with Crippen molar-refractivity contribution >= 4 is 35.0 Å². The van der Waals surface area contributed by atoms with Crippen LogP contribution in [0, 0.1) is 5.92 Å². The average Bonchev–Trinajstić information content (AvgIpc) is 3.60. The summed E-state index contributed by atoms with van der Waals surface area (Å²) in [6.45, 7) is 3.24. The molecule has 1 fully saturated rings. The van der Waals surface area contributed by atoms with E-state index in [1.54, 1.807) is 29.6 Å². The SMILES string of the molecule is CCOC(=O)C1CCN(C(=O)c2csc(CSc3nnc(-c4ccncc4)n3-c3ccccc3)n2)CC1. The van der Waals surface area contributed by atoms with Gasteiger partial charge in [0.2, 0.25) is 0 Å². The Morgan fingerprint density at radius 1 is 1.08 bits per heavy atom. The first-order valence-electron chi connectivity index (χ1n) is 12.1. The van der Waals surface area contributed by atoms with Crippen molar-refractivity contribution in [2.45, 2.75) is 30.7 Å². The Hall–Kier alpha value is -3.57. The number of amides is 1. The number of carbonyl (C=O) groups is 2. The number of benzene rings is 1. The number of esters is 1. The molecule has 5 rings (SSSR count). The molecule has 0 aliphatic carbocycles. The van der Waals surface area contributed by atoms with Gasteiger partial charge in [-0.1, -0.05) is 30.0 Å². The first-order valence-corrected chi connectivity index (χ1v) is 13.9. The number of pyridine rings is 1. The summed E-state index contributed by atoms with van der Waals surface area (Å²) in [5.41, 5.74) is 2.33. The molecule has 1 amide bonds. The lowest BCUT2D eigenvalue weighted by Crippen LogP contribution is -2.40. The van der Waals surface area contributed by atoms with Crippen LogP contribution in [0.25, 0.3) is 17.1 Å². The Bertz CT molecular complexity index is 1350. The Balaban J connectivity index is 1.26. The van der Waals surface area contributed by atoms with E-state index in [0.29, 0.717) is 44.0 Å². The number of para-hydroxylation sites is 1. The maximum atomic E-state index is 13.0. The Morgan fingerprint density at radius 2 is 1.84 bits per heavy atom. The molecule has 1 aromatic carbocycles. The van der Waals surface area contributed by atoms with Crippen molar-refractivity contribution in [2.75, 3.05) is 19.7 Å². The number of piperidine rings is 1. The summed E-state index contributed by atoms with van der Waals surface area (Å²) in [5.74, 6) is 0.896. The van der Waals surface area contributed by atoms with E-state index in [-0.39, 0.29) is 17.8 Å². The summed E-state index contributed by atoms with van der Waals surface area (Å²) in [6, 6.07) is 13.8. The molecule has 190 valence electrons.